The molecule has 0 spiro atoms. The second-order valence-corrected chi connectivity index (χ2v) is 11.9. The van der Waals surface area contributed by atoms with E-state index in [0.717, 1.165) is 10.5 Å². The molecule has 3 amide bonds. The van der Waals surface area contributed by atoms with E-state index in [1.807, 2.05) is 17.5 Å². The number of halogens is 2. The molecule has 0 bridgehead atoms. The van der Waals surface area contributed by atoms with E-state index < -0.39 is 11.8 Å². The van der Waals surface area contributed by atoms with Gasteiger partial charge in [-0.25, -0.2) is 4.98 Å². The summed E-state index contributed by atoms with van der Waals surface area (Å²) in [6.45, 7) is 0. The Morgan fingerprint density at radius 1 is 0.886 bits per heavy atom. The average Bonchev–Trinajstić information content (AvgIpc) is 3.50. The van der Waals surface area contributed by atoms with Gasteiger partial charge in [-0.3, -0.25) is 19.4 Å². The summed E-state index contributed by atoms with van der Waals surface area (Å²) < 4.78 is 0. The van der Waals surface area contributed by atoms with Crippen LogP contribution in [0.3, 0.4) is 0 Å². The van der Waals surface area contributed by atoms with Crippen molar-refractivity contribution in [3.63, 3.8) is 0 Å². The first kappa shape index (κ1) is 31.0. The smallest absolute Gasteiger partial charge is 0.272 e. The van der Waals surface area contributed by atoms with Crippen molar-refractivity contribution in [3.05, 3.63) is 130 Å². The predicted octanol–water partition coefficient (Wildman–Crippen LogP) is 7.65. The van der Waals surface area contributed by atoms with Crippen molar-refractivity contribution in [2.45, 2.75) is 4.90 Å². The molecule has 0 saturated heterocycles. The van der Waals surface area contributed by atoms with Crippen molar-refractivity contribution < 1.29 is 14.4 Å². The lowest BCUT2D eigenvalue weighted by molar-refractivity contribution is -0.114. The van der Waals surface area contributed by atoms with Gasteiger partial charge >= 0.3 is 0 Å². The van der Waals surface area contributed by atoms with Crippen LogP contribution in [-0.2, 0) is 9.59 Å². The third-order valence-corrected chi connectivity index (χ3v) is 8.44. The van der Waals surface area contributed by atoms with Crippen molar-refractivity contribution >= 4 is 80.9 Å². The van der Waals surface area contributed by atoms with Gasteiger partial charge in [0.05, 0.1) is 21.5 Å². The molecule has 3 aromatic carbocycles. The van der Waals surface area contributed by atoms with Crippen molar-refractivity contribution in [3.8, 4) is 11.3 Å². The van der Waals surface area contributed by atoms with Gasteiger partial charge in [-0.2, -0.15) is 0 Å². The van der Waals surface area contributed by atoms with Crippen LogP contribution >= 0.6 is 46.3 Å². The summed E-state index contributed by atoms with van der Waals surface area (Å²) in [5.41, 5.74) is 3.08. The Balaban J connectivity index is 1.21. The summed E-state index contributed by atoms with van der Waals surface area (Å²) in [6, 6.07) is 24.4. The van der Waals surface area contributed by atoms with Gasteiger partial charge in [0.15, 0.2) is 5.13 Å². The summed E-state index contributed by atoms with van der Waals surface area (Å²) in [5.74, 6) is -1.04. The standard InChI is InChI=1S/C32H23Cl2N5O3S2/c33-25-12-11-22(15-26(25)34)28-18-44-32(38-28)39-29(40)19-43-24-10-4-9-23(16-24)36-31(42)27(14-20-6-5-13-35-17-20)37-30(41)21-7-2-1-3-8-21/h1-18H,19H2,(H,36,42)(H,37,41)(H,38,39,40)/b27-14-. The third-order valence-electron chi connectivity index (χ3n) is 5.95. The van der Waals surface area contributed by atoms with Gasteiger partial charge in [-0.1, -0.05) is 59.6 Å². The molecule has 0 atom stereocenters. The van der Waals surface area contributed by atoms with Gasteiger partial charge in [0.25, 0.3) is 11.8 Å². The van der Waals surface area contributed by atoms with Crippen molar-refractivity contribution in [1.82, 2.24) is 15.3 Å². The Morgan fingerprint density at radius 2 is 1.73 bits per heavy atom. The molecule has 5 rings (SSSR count). The van der Waals surface area contributed by atoms with Crippen LogP contribution < -0.4 is 16.0 Å². The number of thiazole rings is 1. The molecular formula is C32H23Cl2N5O3S2. The zero-order valence-corrected chi connectivity index (χ0v) is 25.9. The summed E-state index contributed by atoms with van der Waals surface area (Å²) in [4.78, 5) is 48.1. The second-order valence-electron chi connectivity index (χ2n) is 9.15. The average molecular weight is 661 g/mol. The number of nitrogens with zero attached hydrogens (tertiary/aromatic N) is 2. The molecule has 220 valence electrons. The molecule has 0 aliphatic heterocycles. The Hall–Kier alpha value is -4.48. The molecule has 2 heterocycles. The number of carbonyl (C=O) groups excluding carboxylic acids is 3. The molecule has 0 saturated carbocycles. The largest absolute Gasteiger partial charge is 0.321 e. The number of pyridine rings is 1. The first-order valence-corrected chi connectivity index (χ1v) is 15.7. The quantitative estimate of drug-likeness (QED) is 0.105. The topological polar surface area (TPSA) is 113 Å². The molecular weight excluding hydrogens is 637 g/mol. The Labute approximate surface area is 271 Å². The molecule has 0 fully saturated rings. The van der Waals surface area contributed by atoms with Gasteiger partial charge in [0, 0.05) is 39.5 Å². The predicted molar refractivity (Wildman–Crippen MR) is 178 cm³/mol. The Kier molecular flexibility index (Phi) is 10.4. The zero-order valence-electron chi connectivity index (χ0n) is 22.8. The minimum atomic E-state index is -0.514. The highest BCUT2D eigenvalue weighted by atomic mass is 35.5. The molecule has 5 aromatic rings. The fourth-order valence-corrected chi connectivity index (χ4v) is 5.64. The fraction of sp³-hybridized carbons (Fsp3) is 0.0312. The lowest BCUT2D eigenvalue weighted by Gasteiger charge is -2.12. The third kappa shape index (κ3) is 8.55. The van der Waals surface area contributed by atoms with Crippen LogP contribution in [0, 0.1) is 0 Å². The Morgan fingerprint density at radius 3 is 2.50 bits per heavy atom. The number of amides is 3. The molecule has 0 unspecified atom stereocenters. The van der Waals surface area contributed by atoms with E-state index >= 15 is 0 Å². The molecule has 44 heavy (non-hydrogen) atoms. The maximum absolute atomic E-state index is 13.3. The highest BCUT2D eigenvalue weighted by molar-refractivity contribution is 8.00. The second kappa shape index (κ2) is 14.8. The van der Waals surface area contributed by atoms with E-state index in [9.17, 15) is 14.4 Å². The number of benzene rings is 3. The van der Waals surface area contributed by atoms with Gasteiger partial charge in [-0.15, -0.1) is 23.1 Å². The van der Waals surface area contributed by atoms with Crippen LogP contribution in [-0.4, -0.2) is 33.4 Å². The van der Waals surface area contributed by atoms with Crippen LogP contribution in [0.25, 0.3) is 17.3 Å². The number of carbonyl (C=O) groups is 3. The van der Waals surface area contributed by atoms with Crippen molar-refractivity contribution in [2.24, 2.45) is 0 Å². The van der Waals surface area contributed by atoms with Crippen molar-refractivity contribution in [1.29, 1.82) is 0 Å². The molecule has 0 aliphatic carbocycles. The van der Waals surface area contributed by atoms with Gasteiger partial charge in [-0.05, 0) is 60.2 Å². The van der Waals surface area contributed by atoms with E-state index in [2.05, 4.69) is 25.9 Å². The first-order valence-electron chi connectivity index (χ1n) is 13.1. The minimum absolute atomic E-state index is 0.0491. The van der Waals surface area contributed by atoms with E-state index in [1.54, 1.807) is 91.3 Å². The van der Waals surface area contributed by atoms with E-state index in [0.29, 0.717) is 37.7 Å². The van der Waals surface area contributed by atoms with Crippen molar-refractivity contribution in [2.75, 3.05) is 16.4 Å². The molecule has 2 aromatic heterocycles. The van der Waals surface area contributed by atoms with Crippen LogP contribution in [0.15, 0.2) is 113 Å². The summed E-state index contributed by atoms with van der Waals surface area (Å²) in [6.07, 6.45) is 4.76. The summed E-state index contributed by atoms with van der Waals surface area (Å²) >= 11 is 14.7. The fourth-order valence-electron chi connectivity index (χ4n) is 3.86. The number of rotatable bonds is 10. The molecule has 0 radical (unpaired) electrons. The lowest BCUT2D eigenvalue weighted by atomic mass is 10.2. The maximum atomic E-state index is 13.3. The van der Waals surface area contributed by atoms with Crippen LogP contribution in [0.5, 0.6) is 0 Å². The van der Waals surface area contributed by atoms with Gasteiger partial charge < -0.3 is 16.0 Å². The number of aromatic nitrogens is 2. The minimum Gasteiger partial charge on any atom is -0.321 e. The first-order chi connectivity index (χ1) is 21.3. The Bertz CT molecular complexity index is 1830. The van der Waals surface area contributed by atoms with Crippen LogP contribution in [0.4, 0.5) is 10.8 Å². The molecule has 3 N–H and O–H groups in total. The monoisotopic (exact) mass is 659 g/mol. The number of thioether (sulfide) groups is 1. The molecule has 0 aliphatic rings. The highest BCUT2D eigenvalue weighted by Gasteiger charge is 2.16. The number of hydrogen-bond donors (Lipinski definition) is 3. The van der Waals surface area contributed by atoms with E-state index in [-0.39, 0.29) is 17.4 Å². The number of anilines is 2. The number of nitrogens with one attached hydrogen (secondary N) is 3. The van der Waals surface area contributed by atoms with Crippen LogP contribution in [0.2, 0.25) is 10.0 Å². The summed E-state index contributed by atoms with van der Waals surface area (Å²) in [7, 11) is 0. The highest BCUT2D eigenvalue weighted by Crippen LogP contribution is 2.31. The van der Waals surface area contributed by atoms with E-state index in [1.165, 1.54) is 23.1 Å². The lowest BCUT2D eigenvalue weighted by Crippen LogP contribution is -2.30. The SMILES string of the molecule is O=C(CSc1cccc(NC(=O)/C(=C/c2cccnc2)NC(=O)c2ccccc2)c1)Nc1nc(-c2ccc(Cl)c(Cl)c2)cs1. The summed E-state index contributed by atoms with van der Waals surface area (Å²) in [5, 5.41) is 11.5. The molecule has 8 nitrogen and oxygen atoms in total. The van der Waals surface area contributed by atoms with E-state index in [4.69, 9.17) is 23.2 Å². The number of hydrogen-bond acceptors (Lipinski definition) is 7. The molecule has 12 heteroatoms. The van der Waals surface area contributed by atoms with Gasteiger partial charge in [0.2, 0.25) is 5.91 Å². The van der Waals surface area contributed by atoms with Gasteiger partial charge in [0.1, 0.15) is 5.70 Å². The zero-order chi connectivity index (χ0) is 30.9. The normalized spacial score (nSPS) is 11.1. The maximum Gasteiger partial charge on any atom is 0.272 e. The van der Waals surface area contributed by atoms with Crippen LogP contribution in [0.1, 0.15) is 15.9 Å².